The Morgan fingerprint density at radius 1 is 0.436 bits per heavy atom. The summed E-state index contributed by atoms with van der Waals surface area (Å²) in [5.74, 6) is 2.49. The Hall–Kier alpha value is -6.88. The van der Waals surface area contributed by atoms with Crippen LogP contribution < -0.4 is 4.74 Å². The number of benzene rings is 8. The van der Waals surface area contributed by atoms with Gasteiger partial charge in [-0.3, -0.25) is 0 Å². The van der Waals surface area contributed by atoms with Crippen LogP contribution in [0.3, 0.4) is 0 Å². The molecule has 0 amide bonds. The van der Waals surface area contributed by atoms with Gasteiger partial charge in [-0.15, -0.1) is 11.3 Å². The zero-order chi connectivity index (χ0) is 36.1. The minimum absolute atomic E-state index is 0.556. The average molecular weight is 719 g/mol. The molecule has 0 radical (unpaired) electrons. The summed E-state index contributed by atoms with van der Waals surface area (Å²) in [5.41, 5.74) is 13.1. The van der Waals surface area contributed by atoms with Gasteiger partial charge >= 0.3 is 0 Å². The van der Waals surface area contributed by atoms with E-state index in [4.69, 9.17) is 14.7 Å². The molecular formula is C51H30N2OS. The molecule has 4 heteroatoms. The molecule has 0 saturated heterocycles. The molecule has 0 N–H and O–H groups in total. The standard InChI is InChI=1S/C51H30N2OS/c1-2-14-35-31(12-1)13-11-17-36(35)32-24-26-33(27-25-32)50-52-47(49-48(53-50)39-16-4-10-23-46(39)55-49)34-28-29-38-37-15-3-5-18-40(37)51(43(38)30-34)41-19-6-8-21-44(41)54-45-22-9-7-20-42(45)51/h1-30H. The third-order valence-corrected chi connectivity index (χ3v) is 12.8. The van der Waals surface area contributed by atoms with E-state index in [0.717, 1.165) is 60.9 Å². The molecular weight excluding hydrogens is 689 g/mol. The molecule has 55 heavy (non-hydrogen) atoms. The van der Waals surface area contributed by atoms with Crippen molar-refractivity contribution in [3.8, 4) is 56.4 Å². The van der Waals surface area contributed by atoms with Crippen LogP contribution in [0.25, 0.3) is 76.0 Å². The van der Waals surface area contributed by atoms with E-state index in [0.29, 0.717) is 0 Å². The highest BCUT2D eigenvalue weighted by atomic mass is 32.1. The maximum Gasteiger partial charge on any atom is 0.160 e. The number of fused-ring (bicyclic) bond motifs is 13. The van der Waals surface area contributed by atoms with E-state index in [1.165, 1.54) is 48.9 Å². The largest absolute Gasteiger partial charge is 0.457 e. The van der Waals surface area contributed by atoms with Crippen molar-refractivity contribution in [3.63, 3.8) is 0 Å². The highest BCUT2D eigenvalue weighted by molar-refractivity contribution is 7.26. The number of rotatable bonds is 3. The Bertz CT molecular complexity index is 3150. The SMILES string of the molecule is c1ccc2c(c1)Oc1ccccc1C21c2ccccc2-c2ccc(-c3nc(-c4ccc(-c5cccc6ccccc56)cc4)nc4c3sc3ccccc34)cc21. The van der Waals surface area contributed by atoms with Crippen LogP contribution in [0.4, 0.5) is 0 Å². The van der Waals surface area contributed by atoms with Crippen LogP contribution in [0, 0.1) is 0 Å². The Morgan fingerprint density at radius 2 is 1.04 bits per heavy atom. The number of ether oxygens (including phenoxy) is 1. The van der Waals surface area contributed by atoms with E-state index in [-0.39, 0.29) is 0 Å². The first-order chi connectivity index (χ1) is 27.3. The number of aromatic nitrogens is 2. The lowest BCUT2D eigenvalue weighted by Gasteiger charge is -2.39. The predicted octanol–water partition coefficient (Wildman–Crippen LogP) is 13.5. The topological polar surface area (TPSA) is 35.0 Å². The van der Waals surface area contributed by atoms with Crippen LogP contribution >= 0.6 is 11.3 Å². The van der Waals surface area contributed by atoms with Gasteiger partial charge in [0.2, 0.25) is 0 Å². The molecule has 8 aromatic carbocycles. The normalized spacial score (nSPS) is 13.4. The van der Waals surface area contributed by atoms with Gasteiger partial charge in [-0.1, -0.05) is 158 Å². The van der Waals surface area contributed by atoms with Crippen molar-refractivity contribution in [3.05, 3.63) is 204 Å². The zero-order valence-electron chi connectivity index (χ0n) is 29.5. The first-order valence-electron chi connectivity index (χ1n) is 18.7. The highest BCUT2D eigenvalue weighted by Gasteiger charge is 2.51. The Kier molecular flexibility index (Phi) is 6.42. The van der Waals surface area contributed by atoms with E-state index < -0.39 is 5.41 Å². The van der Waals surface area contributed by atoms with Crippen molar-refractivity contribution in [2.45, 2.75) is 5.41 Å². The molecule has 1 spiro atoms. The van der Waals surface area contributed by atoms with E-state index >= 15 is 0 Å². The maximum absolute atomic E-state index is 6.60. The summed E-state index contributed by atoms with van der Waals surface area (Å²) in [6.45, 7) is 0. The van der Waals surface area contributed by atoms with Gasteiger partial charge < -0.3 is 4.74 Å². The van der Waals surface area contributed by atoms with E-state index in [9.17, 15) is 0 Å². The fourth-order valence-corrected chi connectivity index (χ4v) is 10.3. The molecule has 0 fully saturated rings. The number of hydrogen-bond acceptors (Lipinski definition) is 4. The molecule has 256 valence electrons. The lowest BCUT2D eigenvalue weighted by molar-refractivity contribution is 0.436. The molecule has 0 bridgehead atoms. The summed E-state index contributed by atoms with van der Waals surface area (Å²) < 4.78 is 8.90. The van der Waals surface area contributed by atoms with Gasteiger partial charge in [0, 0.05) is 32.3 Å². The second-order valence-corrected chi connectivity index (χ2v) is 15.5. The molecule has 3 heterocycles. The first-order valence-corrected chi connectivity index (χ1v) is 19.5. The second-order valence-electron chi connectivity index (χ2n) is 14.4. The molecule has 1 aliphatic carbocycles. The minimum Gasteiger partial charge on any atom is -0.457 e. The monoisotopic (exact) mass is 718 g/mol. The average Bonchev–Trinajstić information content (AvgIpc) is 3.77. The first kappa shape index (κ1) is 30.6. The predicted molar refractivity (Wildman–Crippen MR) is 226 cm³/mol. The van der Waals surface area contributed by atoms with Crippen molar-refractivity contribution < 1.29 is 4.74 Å². The van der Waals surface area contributed by atoms with Crippen molar-refractivity contribution >= 4 is 42.4 Å². The van der Waals surface area contributed by atoms with Crippen LogP contribution in [0.1, 0.15) is 22.3 Å². The van der Waals surface area contributed by atoms with Gasteiger partial charge in [0.05, 0.1) is 21.3 Å². The van der Waals surface area contributed by atoms with Crippen LogP contribution in [-0.4, -0.2) is 9.97 Å². The van der Waals surface area contributed by atoms with Crippen LogP contribution in [0.15, 0.2) is 182 Å². The Morgan fingerprint density at radius 3 is 1.85 bits per heavy atom. The highest BCUT2D eigenvalue weighted by Crippen LogP contribution is 2.62. The van der Waals surface area contributed by atoms with Crippen LogP contribution in [-0.2, 0) is 5.41 Å². The summed E-state index contributed by atoms with van der Waals surface area (Å²) in [5, 5.41) is 3.63. The lowest BCUT2D eigenvalue weighted by atomic mass is 9.66. The molecule has 3 nitrogen and oxygen atoms in total. The molecule has 10 aromatic rings. The quantitative estimate of drug-likeness (QED) is 0.182. The number of hydrogen-bond donors (Lipinski definition) is 0. The number of thiophene rings is 1. The number of nitrogens with zero attached hydrogens (tertiary/aromatic N) is 2. The van der Waals surface area contributed by atoms with Crippen LogP contribution in [0.2, 0.25) is 0 Å². The van der Waals surface area contributed by atoms with Crippen molar-refractivity contribution in [2.75, 3.05) is 0 Å². The van der Waals surface area contributed by atoms with Gasteiger partial charge in [0.25, 0.3) is 0 Å². The fraction of sp³-hybridized carbons (Fsp3) is 0.0196. The van der Waals surface area contributed by atoms with E-state index in [1.807, 2.05) is 0 Å². The van der Waals surface area contributed by atoms with E-state index in [1.54, 1.807) is 11.3 Å². The van der Waals surface area contributed by atoms with Gasteiger partial charge in [0.1, 0.15) is 11.5 Å². The summed E-state index contributed by atoms with van der Waals surface area (Å²) in [6, 6.07) is 65.3. The van der Waals surface area contributed by atoms with Gasteiger partial charge in [0.15, 0.2) is 5.82 Å². The van der Waals surface area contributed by atoms with Gasteiger partial charge in [-0.05, 0) is 68.4 Å². The van der Waals surface area contributed by atoms with Crippen molar-refractivity contribution in [1.29, 1.82) is 0 Å². The summed E-state index contributed by atoms with van der Waals surface area (Å²) >= 11 is 1.77. The van der Waals surface area contributed by atoms with E-state index in [2.05, 4.69) is 182 Å². The summed E-state index contributed by atoms with van der Waals surface area (Å²) in [4.78, 5) is 10.8. The molecule has 0 unspecified atom stereocenters. The Labute approximate surface area is 321 Å². The lowest BCUT2D eigenvalue weighted by Crippen LogP contribution is -2.32. The molecule has 0 saturated carbocycles. The molecule has 0 atom stereocenters. The summed E-state index contributed by atoms with van der Waals surface area (Å²) in [7, 11) is 0. The minimum atomic E-state index is -0.556. The Balaban J connectivity index is 1.09. The van der Waals surface area contributed by atoms with Crippen molar-refractivity contribution in [2.24, 2.45) is 0 Å². The third kappa shape index (κ3) is 4.31. The van der Waals surface area contributed by atoms with Crippen molar-refractivity contribution in [1.82, 2.24) is 9.97 Å². The zero-order valence-corrected chi connectivity index (χ0v) is 30.3. The number of para-hydroxylation sites is 2. The molecule has 1 aliphatic heterocycles. The molecule has 2 aromatic heterocycles. The fourth-order valence-electron chi connectivity index (χ4n) is 9.19. The van der Waals surface area contributed by atoms with Crippen LogP contribution in [0.5, 0.6) is 11.5 Å². The molecule has 2 aliphatic rings. The smallest absolute Gasteiger partial charge is 0.160 e. The molecule has 12 rings (SSSR count). The second kappa shape index (κ2) is 11.6. The third-order valence-electron chi connectivity index (χ3n) is 11.6. The van der Waals surface area contributed by atoms with Gasteiger partial charge in [-0.2, -0.15) is 0 Å². The van der Waals surface area contributed by atoms with Gasteiger partial charge in [-0.25, -0.2) is 9.97 Å². The summed E-state index contributed by atoms with van der Waals surface area (Å²) in [6.07, 6.45) is 0. The maximum atomic E-state index is 6.60.